The minimum Gasteiger partial charge on any atom is -0.672 e. The van der Waals surface area contributed by atoms with Gasteiger partial charge in [0.25, 0.3) is 0 Å². The van der Waals surface area contributed by atoms with Crippen LogP contribution in [0.1, 0.15) is 0 Å². The Bertz CT molecular complexity index is 170. The molecule has 0 aliphatic rings. The van der Waals surface area contributed by atoms with E-state index in [9.17, 15) is 0 Å². The molecule has 0 amide bonds. The van der Waals surface area contributed by atoms with E-state index in [1.54, 1.807) is 0 Å². The zero-order valence-corrected chi connectivity index (χ0v) is 18.2. The normalized spacial score (nSPS) is 5.05. The maximum absolute atomic E-state index is 8.52. The third kappa shape index (κ3) is 232000. The van der Waals surface area contributed by atoms with E-state index in [0.29, 0.717) is 0 Å². The van der Waals surface area contributed by atoms with E-state index in [2.05, 4.69) is 0 Å². The molecule has 0 aliphatic heterocycles. The molecule has 0 heterocycles. The van der Waals surface area contributed by atoms with Crippen molar-refractivity contribution in [3.63, 3.8) is 0 Å². The molecule has 0 aromatic carbocycles. The van der Waals surface area contributed by atoms with E-state index < -0.39 is 36.7 Å². The molecule has 12 nitrogen and oxygen atoms in total. The molecule has 0 aromatic rings. The first-order valence-corrected chi connectivity index (χ1v) is 7.35. The van der Waals surface area contributed by atoms with Gasteiger partial charge < -0.3 is 56.2 Å². The molecule has 0 aliphatic carbocycles. The van der Waals surface area contributed by atoms with Crippen LogP contribution in [0.3, 0.4) is 0 Å². The van der Waals surface area contributed by atoms with Crippen molar-refractivity contribution >= 4 is 46.8 Å². The summed E-state index contributed by atoms with van der Waals surface area (Å²) in [6.07, 6.45) is 0. The smallest absolute Gasteiger partial charge is 0.672 e. The van der Waals surface area contributed by atoms with E-state index in [-0.39, 0.29) is 55.8 Å². The molecule has 0 fully saturated rings. The van der Waals surface area contributed by atoms with Crippen molar-refractivity contribution < 1.29 is 102 Å². The molecule has 0 N–H and O–H groups in total. The van der Waals surface area contributed by atoms with Gasteiger partial charge in [0, 0.05) is 36.7 Å². The number of rotatable bonds is 0. The fourth-order valence-corrected chi connectivity index (χ4v) is 0. The second-order valence-corrected chi connectivity index (χ2v) is 3.00. The van der Waals surface area contributed by atoms with Gasteiger partial charge in [0.15, 0.2) is 0 Å². The summed E-state index contributed by atoms with van der Waals surface area (Å²) < 4.78 is 34.1. The van der Waals surface area contributed by atoms with E-state index in [0.717, 1.165) is 0 Å². The van der Waals surface area contributed by atoms with E-state index in [1.807, 2.05) is 0 Å². The summed E-state index contributed by atoms with van der Waals surface area (Å²) >= 11 is 0. The van der Waals surface area contributed by atoms with Gasteiger partial charge in [-0.05, 0) is 0 Å². The maximum Gasteiger partial charge on any atom is 4.00 e. The quantitative estimate of drug-likeness (QED) is 0.299. The molecular formula is BeO12Si4ZnZr. The molecule has 0 unspecified atom stereocenters. The SMILES string of the molecule is O=[Si]([O-])[O-].O=[Si]([O-])[O-].O=[Si]([O-])[O-].O=[Si]([O-])[O-].[Be+2].[Zn+2].[Zr+4]. The summed E-state index contributed by atoms with van der Waals surface area (Å²) in [5, 5.41) is 0. The van der Waals surface area contributed by atoms with Crippen LogP contribution in [0, 0.1) is 0 Å². The molecule has 0 saturated carbocycles. The van der Waals surface area contributed by atoms with Crippen LogP contribution in [0.25, 0.3) is 0 Å². The Morgan fingerprint density at radius 2 is 0.474 bits per heavy atom. The fraction of sp³-hybridized carbons (Fsp3) is 0. The van der Waals surface area contributed by atoms with Crippen LogP contribution >= 0.6 is 0 Å². The molecule has 0 saturated heterocycles. The van der Waals surface area contributed by atoms with Crippen molar-refractivity contribution in [2.24, 2.45) is 0 Å². The Hall–Kier alpha value is 0.143. The Morgan fingerprint density at radius 3 is 0.474 bits per heavy atom. The predicted octanol–water partition coefficient (Wildman–Crippen LogP) is -11.9. The third-order valence-corrected chi connectivity index (χ3v) is 0. The molecule has 19 heteroatoms. The van der Waals surface area contributed by atoms with Gasteiger partial charge in [-0.15, -0.1) is 0 Å². The molecule has 0 aromatic heterocycles. The largest absolute Gasteiger partial charge is 4.00 e. The summed E-state index contributed by atoms with van der Waals surface area (Å²) in [5.41, 5.74) is 0. The fourth-order valence-electron chi connectivity index (χ4n) is 0. The van der Waals surface area contributed by atoms with E-state index in [1.165, 1.54) is 0 Å². The maximum atomic E-state index is 8.52. The predicted molar refractivity (Wildman–Crippen MR) is 31.5 cm³/mol. The standard InChI is InChI=1S/Be.4O3Si.Zn.Zr/c;4*1-4(2)3;;/q+2;4*-2;+2;+4. The van der Waals surface area contributed by atoms with Crippen molar-refractivity contribution in [3.8, 4) is 0 Å². The number of hydrogen-bond donors (Lipinski definition) is 0. The van der Waals surface area contributed by atoms with Crippen LogP contribution in [-0.4, -0.2) is 46.8 Å². The Kier molecular flexibility index (Phi) is 81.3. The average Bonchev–Trinajstić information content (AvgIpc) is 1.76. The van der Waals surface area contributed by atoms with Gasteiger partial charge in [-0.1, -0.05) is 0 Å². The minimum absolute atomic E-state index is 0. The molecule has 0 bridgehead atoms. The average molecular weight is 470 g/mol. The van der Waals surface area contributed by atoms with E-state index >= 15 is 0 Å². The zero-order valence-electron chi connectivity index (χ0n) is 8.81. The van der Waals surface area contributed by atoms with Crippen LogP contribution in [-0.2, 0) is 63.5 Å². The van der Waals surface area contributed by atoms with Crippen molar-refractivity contribution in [1.29, 1.82) is 0 Å². The molecule has 19 heavy (non-hydrogen) atoms. The summed E-state index contributed by atoms with van der Waals surface area (Å²) in [6.45, 7) is 0. The minimum atomic E-state index is -3.63. The van der Waals surface area contributed by atoms with Gasteiger partial charge in [0.2, 0.25) is 0 Å². The second-order valence-electron chi connectivity index (χ2n) is 1.00. The van der Waals surface area contributed by atoms with Crippen LogP contribution < -0.4 is 38.4 Å². The molecule has 0 rings (SSSR count). The van der Waals surface area contributed by atoms with Crippen LogP contribution in [0.2, 0.25) is 0 Å². The molecule has 96 valence electrons. The van der Waals surface area contributed by atoms with Crippen molar-refractivity contribution in [1.82, 2.24) is 0 Å². The van der Waals surface area contributed by atoms with Crippen LogP contribution in [0.5, 0.6) is 0 Å². The van der Waals surface area contributed by atoms with Gasteiger partial charge in [-0.2, -0.15) is 0 Å². The van der Waals surface area contributed by atoms with Crippen molar-refractivity contribution in [2.45, 2.75) is 0 Å². The zero-order chi connectivity index (χ0) is 14.3. The molecule has 0 atom stereocenters. The van der Waals surface area contributed by atoms with E-state index in [4.69, 9.17) is 56.2 Å². The molecule has 0 spiro atoms. The number of hydrogen-bond acceptors (Lipinski definition) is 12. The van der Waals surface area contributed by atoms with Gasteiger partial charge in [0.1, 0.15) is 0 Å². The monoisotopic (exact) mass is 467 g/mol. The summed E-state index contributed by atoms with van der Waals surface area (Å²) in [5.74, 6) is 0. The summed E-state index contributed by atoms with van der Waals surface area (Å²) in [6, 6.07) is 0. The van der Waals surface area contributed by atoms with Crippen LogP contribution in [0.4, 0.5) is 0 Å². The van der Waals surface area contributed by atoms with Gasteiger partial charge in [0.05, 0.1) is 0 Å². The molecule has 0 radical (unpaired) electrons. The second kappa shape index (κ2) is 36.2. The van der Waals surface area contributed by atoms with Crippen molar-refractivity contribution in [2.75, 3.05) is 0 Å². The third-order valence-electron chi connectivity index (χ3n) is 0. The first-order chi connectivity index (χ1) is 6.93. The topological polar surface area (TPSA) is 253 Å². The molecular weight excluding hydrogens is 470 g/mol. The summed E-state index contributed by atoms with van der Waals surface area (Å²) in [4.78, 5) is 68.1. The van der Waals surface area contributed by atoms with Crippen LogP contribution in [0.15, 0.2) is 0 Å². The first-order valence-electron chi connectivity index (χ1n) is 2.45. The summed E-state index contributed by atoms with van der Waals surface area (Å²) in [7, 11) is -14.5. The Balaban J connectivity index is -0.0000000192. The van der Waals surface area contributed by atoms with Gasteiger partial charge in [-0.25, -0.2) is 0 Å². The van der Waals surface area contributed by atoms with Gasteiger partial charge in [-0.3, -0.25) is 0 Å². The van der Waals surface area contributed by atoms with Crippen molar-refractivity contribution in [3.05, 3.63) is 0 Å². The first kappa shape index (κ1) is 42.7. The Morgan fingerprint density at radius 1 is 0.474 bits per heavy atom. The Labute approximate surface area is 148 Å². The van der Waals surface area contributed by atoms with Gasteiger partial charge >= 0.3 is 55.8 Å².